The van der Waals surface area contributed by atoms with E-state index in [1.54, 1.807) is 6.20 Å². The van der Waals surface area contributed by atoms with Crippen molar-refractivity contribution in [1.82, 2.24) is 19.2 Å². The Kier molecular flexibility index (Phi) is 4.50. The van der Waals surface area contributed by atoms with Crippen molar-refractivity contribution in [3.63, 3.8) is 0 Å². The van der Waals surface area contributed by atoms with Crippen LogP contribution in [0, 0.1) is 0 Å². The molecule has 2 aromatic heterocycles. The Bertz CT molecular complexity index is 1280. The second kappa shape index (κ2) is 7.33. The Labute approximate surface area is 173 Å². The minimum absolute atomic E-state index is 0.0400. The lowest BCUT2D eigenvalue weighted by Gasteiger charge is -2.36. The molecule has 0 unspecified atom stereocenters. The van der Waals surface area contributed by atoms with Gasteiger partial charge in [-0.05, 0) is 18.2 Å². The first-order valence-corrected chi connectivity index (χ1v) is 10.1. The third kappa shape index (κ3) is 3.03. The van der Waals surface area contributed by atoms with Crippen molar-refractivity contribution >= 4 is 33.4 Å². The summed E-state index contributed by atoms with van der Waals surface area (Å²) in [4.78, 5) is 30.0. The zero-order valence-corrected chi connectivity index (χ0v) is 16.9. The van der Waals surface area contributed by atoms with E-state index >= 15 is 0 Å². The fourth-order valence-corrected chi connectivity index (χ4v) is 4.31. The number of para-hydroxylation sites is 2. The highest BCUT2D eigenvalue weighted by Crippen LogP contribution is 2.24. The van der Waals surface area contributed by atoms with E-state index in [4.69, 9.17) is 0 Å². The summed E-state index contributed by atoms with van der Waals surface area (Å²) in [6.07, 6.45) is 1.69. The molecule has 0 bridgehead atoms. The van der Waals surface area contributed by atoms with Gasteiger partial charge in [0.2, 0.25) is 5.91 Å². The number of nitrogens with zero attached hydrogens (tertiary/aromatic N) is 5. The maximum atomic E-state index is 13.1. The number of fused-ring (bicyclic) bond motifs is 3. The number of carbonyl (C=O) groups excluding carboxylic acids is 1. The molecule has 0 aliphatic carbocycles. The number of anilines is 1. The molecule has 0 radical (unpaired) electrons. The molecule has 3 heterocycles. The molecule has 7 heteroatoms. The van der Waals surface area contributed by atoms with Crippen molar-refractivity contribution in [1.29, 1.82) is 0 Å². The fraction of sp³-hybridized carbons (Fsp3) is 0.261. The normalized spacial score (nSPS) is 14.6. The molecule has 7 nitrogen and oxygen atoms in total. The molecular weight excluding hydrogens is 378 g/mol. The first-order chi connectivity index (χ1) is 14.6. The maximum absolute atomic E-state index is 13.1. The quantitative estimate of drug-likeness (QED) is 0.528. The van der Waals surface area contributed by atoms with Crippen LogP contribution >= 0.6 is 0 Å². The summed E-state index contributed by atoms with van der Waals surface area (Å²) in [5.41, 5.74) is 2.49. The van der Waals surface area contributed by atoms with Crippen LogP contribution < -0.4 is 10.5 Å². The van der Waals surface area contributed by atoms with Crippen LogP contribution in [0.25, 0.3) is 21.8 Å². The van der Waals surface area contributed by atoms with E-state index in [2.05, 4.69) is 22.1 Å². The third-order valence-corrected chi connectivity index (χ3v) is 5.95. The van der Waals surface area contributed by atoms with Gasteiger partial charge in [0.05, 0.1) is 6.20 Å². The van der Waals surface area contributed by atoms with Gasteiger partial charge in [0.15, 0.2) is 0 Å². The summed E-state index contributed by atoms with van der Waals surface area (Å²) in [5, 5.41) is 6.11. The second-order valence-electron chi connectivity index (χ2n) is 7.65. The number of aromatic nitrogens is 3. The van der Waals surface area contributed by atoms with Crippen LogP contribution in [-0.4, -0.2) is 51.3 Å². The molecular formula is C23H23N5O2. The van der Waals surface area contributed by atoms with E-state index < -0.39 is 0 Å². The predicted octanol–water partition coefficient (Wildman–Crippen LogP) is 2.24. The average Bonchev–Trinajstić information content (AvgIpc) is 3.09. The molecule has 1 aliphatic rings. The molecule has 0 spiro atoms. The second-order valence-corrected chi connectivity index (χ2v) is 7.65. The van der Waals surface area contributed by atoms with E-state index in [0.29, 0.717) is 18.6 Å². The van der Waals surface area contributed by atoms with Crippen molar-refractivity contribution in [2.24, 2.45) is 7.05 Å². The average molecular weight is 401 g/mol. The monoisotopic (exact) mass is 401 g/mol. The van der Waals surface area contributed by atoms with Crippen molar-refractivity contribution in [2.75, 3.05) is 31.1 Å². The van der Waals surface area contributed by atoms with Gasteiger partial charge in [-0.25, -0.2) is 4.68 Å². The van der Waals surface area contributed by atoms with Crippen LogP contribution in [-0.2, 0) is 18.4 Å². The molecule has 4 aromatic rings. The zero-order valence-electron chi connectivity index (χ0n) is 16.9. The van der Waals surface area contributed by atoms with Crippen LogP contribution in [0.4, 0.5) is 5.69 Å². The van der Waals surface area contributed by atoms with Crippen molar-refractivity contribution in [3.05, 3.63) is 71.1 Å². The smallest absolute Gasteiger partial charge is 0.291 e. The largest absolute Gasteiger partial charge is 0.368 e. The topological polar surface area (TPSA) is 63.4 Å². The van der Waals surface area contributed by atoms with Gasteiger partial charge in [0.1, 0.15) is 12.1 Å². The number of carbonyl (C=O) groups is 1. The molecule has 0 saturated carbocycles. The summed E-state index contributed by atoms with van der Waals surface area (Å²) in [5.74, 6) is -0.0737. The number of benzene rings is 2. The van der Waals surface area contributed by atoms with Gasteiger partial charge in [0, 0.05) is 55.2 Å². The van der Waals surface area contributed by atoms with Crippen LogP contribution in [0.2, 0.25) is 0 Å². The molecule has 1 fully saturated rings. The van der Waals surface area contributed by atoms with Crippen molar-refractivity contribution in [3.8, 4) is 0 Å². The highest BCUT2D eigenvalue weighted by atomic mass is 16.2. The van der Waals surface area contributed by atoms with Gasteiger partial charge in [-0.3, -0.25) is 9.59 Å². The molecule has 30 heavy (non-hydrogen) atoms. The van der Waals surface area contributed by atoms with Gasteiger partial charge in [0.25, 0.3) is 5.56 Å². The van der Waals surface area contributed by atoms with Gasteiger partial charge in [-0.1, -0.05) is 36.4 Å². The minimum atomic E-state index is -0.234. The standard InChI is InChI=1S/C23H23N5O2/c1-25-20-10-6-5-9-18(20)19-15-24-28(23(30)22(19)25)16-21(29)27-13-11-26(12-14-27)17-7-3-2-4-8-17/h2-10,15H,11-14,16H2,1H3. The van der Waals surface area contributed by atoms with Crippen LogP contribution in [0.3, 0.4) is 0 Å². The first-order valence-electron chi connectivity index (χ1n) is 10.1. The molecule has 0 atom stereocenters. The Morgan fingerprint density at radius 1 is 0.933 bits per heavy atom. The Morgan fingerprint density at radius 3 is 2.40 bits per heavy atom. The Balaban J connectivity index is 1.35. The van der Waals surface area contributed by atoms with E-state index in [-0.39, 0.29) is 18.0 Å². The third-order valence-electron chi connectivity index (χ3n) is 5.95. The number of aryl methyl sites for hydroxylation is 1. The summed E-state index contributed by atoms with van der Waals surface area (Å²) in [7, 11) is 1.88. The summed E-state index contributed by atoms with van der Waals surface area (Å²) in [6, 6.07) is 18.1. The number of piperazine rings is 1. The molecule has 1 saturated heterocycles. The highest BCUT2D eigenvalue weighted by molar-refractivity contribution is 6.07. The maximum Gasteiger partial charge on any atom is 0.291 e. The summed E-state index contributed by atoms with van der Waals surface area (Å²) >= 11 is 0. The molecule has 2 aromatic carbocycles. The van der Waals surface area contributed by atoms with Crippen LogP contribution in [0.1, 0.15) is 0 Å². The van der Waals surface area contributed by atoms with Gasteiger partial charge in [-0.2, -0.15) is 5.10 Å². The number of rotatable bonds is 3. The van der Waals surface area contributed by atoms with Crippen molar-refractivity contribution < 1.29 is 4.79 Å². The van der Waals surface area contributed by atoms with E-state index in [1.165, 1.54) is 10.4 Å². The number of hydrogen-bond donors (Lipinski definition) is 0. The first kappa shape index (κ1) is 18.4. The lowest BCUT2D eigenvalue weighted by Crippen LogP contribution is -2.50. The number of amides is 1. The summed E-state index contributed by atoms with van der Waals surface area (Å²) < 4.78 is 3.17. The van der Waals surface area contributed by atoms with Crippen molar-refractivity contribution in [2.45, 2.75) is 6.54 Å². The molecule has 0 N–H and O–H groups in total. The Morgan fingerprint density at radius 2 is 1.63 bits per heavy atom. The molecule has 5 rings (SSSR count). The Hall–Kier alpha value is -3.61. The lowest BCUT2D eigenvalue weighted by molar-refractivity contribution is -0.132. The van der Waals surface area contributed by atoms with E-state index in [9.17, 15) is 9.59 Å². The predicted molar refractivity (Wildman–Crippen MR) is 118 cm³/mol. The number of hydrogen-bond acceptors (Lipinski definition) is 4. The van der Waals surface area contributed by atoms with Gasteiger partial charge < -0.3 is 14.4 Å². The summed E-state index contributed by atoms with van der Waals surface area (Å²) in [6.45, 7) is 2.79. The SMILES string of the molecule is Cn1c2ccccc2c2cnn(CC(=O)N3CCN(c4ccccc4)CC3)c(=O)c21. The van der Waals surface area contributed by atoms with Gasteiger partial charge >= 0.3 is 0 Å². The van der Waals surface area contributed by atoms with Crippen LogP contribution in [0.5, 0.6) is 0 Å². The molecule has 152 valence electrons. The van der Waals surface area contributed by atoms with E-state index in [0.717, 1.165) is 29.4 Å². The lowest BCUT2D eigenvalue weighted by atomic mass is 10.2. The minimum Gasteiger partial charge on any atom is -0.368 e. The zero-order chi connectivity index (χ0) is 20.7. The van der Waals surface area contributed by atoms with E-state index in [1.807, 2.05) is 59.0 Å². The van der Waals surface area contributed by atoms with Crippen LogP contribution in [0.15, 0.2) is 65.6 Å². The van der Waals surface area contributed by atoms with Gasteiger partial charge in [-0.15, -0.1) is 0 Å². The molecule has 1 amide bonds. The fourth-order valence-electron chi connectivity index (χ4n) is 4.31. The molecule has 1 aliphatic heterocycles. The highest BCUT2D eigenvalue weighted by Gasteiger charge is 2.23.